The van der Waals surface area contributed by atoms with Gasteiger partial charge in [-0.15, -0.1) is 0 Å². The Morgan fingerprint density at radius 3 is 2.46 bits per heavy atom. The molecule has 6 rings (SSSR count). The SMILES string of the molecule is COc1cc(Nc2ncc(Br)c(Nc3ccc(-c4cnn(C)n4)cc3P(C)(C)=O)n2)c(C)cc1N1CCC(N2CCOCC2)CC1. The molecule has 2 aromatic heterocycles. The van der Waals surface area contributed by atoms with Crippen LogP contribution in [-0.4, -0.2) is 95.7 Å². The van der Waals surface area contributed by atoms with E-state index in [-0.39, 0.29) is 0 Å². The van der Waals surface area contributed by atoms with Gasteiger partial charge < -0.3 is 29.6 Å². The molecule has 0 radical (unpaired) electrons. The summed E-state index contributed by atoms with van der Waals surface area (Å²) in [6.45, 7) is 11.3. The van der Waals surface area contributed by atoms with E-state index in [0.29, 0.717) is 39.0 Å². The van der Waals surface area contributed by atoms with E-state index in [9.17, 15) is 4.57 Å². The van der Waals surface area contributed by atoms with E-state index < -0.39 is 7.14 Å². The molecule has 14 heteroatoms. The second kappa shape index (κ2) is 13.7. The molecule has 2 saturated heterocycles. The summed E-state index contributed by atoms with van der Waals surface area (Å²) in [5, 5.41) is 16.0. The van der Waals surface area contributed by atoms with Gasteiger partial charge in [0.25, 0.3) is 0 Å². The minimum atomic E-state index is -2.68. The zero-order valence-electron chi connectivity index (χ0n) is 27.0. The van der Waals surface area contributed by atoms with Gasteiger partial charge in [-0.3, -0.25) is 4.90 Å². The van der Waals surface area contributed by atoms with Crippen LogP contribution in [0, 0.1) is 6.92 Å². The number of nitrogens with zero attached hydrogens (tertiary/aromatic N) is 7. The molecule has 2 aliphatic rings. The molecular formula is C32H41BrN9O3P. The van der Waals surface area contributed by atoms with E-state index in [2.05, 4.69) is 64.5 Å². The molecule has 2 aliphatic heterocycles. The number of aromatic nitrogens is 5. The number of piperidine rings is 1. The summed E-state index contributed by atoms with van der Waals surface area (Å²) in [6, 6.07) is 10.5. The van der Waals surface area contributed by atoms with Crippen LogP contribution in [0.1, 0.15) is 18.4 Å². The summed E-state index contributed by atoms with van der Waals surface area (Å²) in [5.41, 5.74) is 5.28. The van der Waals surface area contributed by atoms with E-state index in [1.54, 1.807) is 39.9 Å². The number of ether oxygens (including phenoxy) is 2. The number of morpholine rings is 1. The van der Waals surface area contributed by atoms with Gasteiger partial charge in [0.15, 0.2) is 0 Å². The van der Waals surface area contributed by atoms with E-state index in [1.807, 2.05) is 24.3 Å². The minimum absolute atomic E-state index is 0.420. The van der Waals surface area contributed by atoms with E-state index >= 15 is 0 Å². The summed E-state index contributed by atoms with van der Waals surface area (Å²) in [4.78, 5) is 15.8. The maximum atomic E-state index is 13.4. The van der Waals surface area contributed by atoms with Gasteiger partial charge in [0.05, 0.1) is 42.4 Å². The quantitative estimate of drug-likeness (QED) is 0.218. The second-order valence-corrected chi connectivity index (χ2v) is 16.2. The van der Waals surface area contributed by atoms with Gasteiger partial charge >= 0.3 is 0 Å². The second-order valence-electron chi connectivity index (χ2n) is 12.1. The van der Waals surface area contributed by atoms with Gasteiger partial charge in [-0.05, 0) is 72.8 Å². The maximum absolute atomic E-state index is 13.4. The van der Waals surface area contributed by atoms with Crippen molar-refractivity contribution in [1.29, 1.82) is 0 Å². The third-order valence-electron chi connectivity index (χ3n) is 8.61. The summed E-state index contributed by atoms with van der Waals surface area (Å²) in [7, 11) is 0.806. The number of methoxy groups -OCH3 is 1. The lowest BCUT2D eigenvalue weighted by Crippen LogP contribution is -2.49. The number of rotatable bonds is 9. The molecule has 0 bridgehead atoms. The third kappa shape index (κ3) is 7.22. The Morgan fingerprint density at radius 1 is 1.02 bits per heavy atom. The molecule has 2 aromatic carbocycles. The van der Waals surface area contributed by atoms with Crippen molar-refractivity contribution in [3.05, 3.63) is 52.8 Å². The molecule has 4 aromatic rings. The molecular weight excluding hydrogens is 669 g/mol. The minimum Gasteiger partial charge on any atom is -0.495 e. The first-order chi connectivity index (χ1) is 22.1. The Hall–Kier alpha value is -3.51. The van der Waals surface area contributed by atoms with Crippen LogP contribution in [0.5, 0.6) is 5.75 Å². The van der Waals surface area contributed by atoms with Crippen molar-refractivity contribution in [2.75, 3.05) is 75.4 Å². The molecule has 46 heavy (non-hydrogen) atoms. The molecule has 0 amide bonds. The average molecular weight is 711 g/mol. The van der Waals surface area contributed by atoms with Crippen LogP contribution in [0.25, 0.3) is 11.3 Å². The van der Waals surface area contributed by atoms with Crippen molar-refractivity contribution in [2.45, 2.75) is 25.8 Å². The highest BCUT2D eigenvalue weighted by molar-refractivity contribution is 9.10. The van der Waals surface area contributed by atoms with Crippen LogP contribution in [0.2, 0.25) is 0 Å². The third-order valence-corrected chi connectivity index (χ3v) is 10.7. The van der Waals surface area contributed by atoms with Crippen LogP contribution in [0.3, 0.4) is 0 Å². The smallest absolute Gasteiger partial charge is 0.229 e. The molecule has 4 heterocycles. The fraction of sp³-hybridized carbons (Fsp3) is 0.438. The Morgan fingerprint density at radius 2 is 1.78 bits per heavy atom. The van der Waals surface area contributed by atoms with Crippen LogP contribution < -0.4 is 25.6 Å². The van der Waals surface area contributed by atoms with Crippen LogP contribution in [0.4, 0.5) is 28.8 Å². The van der Waals surface area contributed by atoms with Crippen molar-refractivity contribution in [2.24, 2.45) is 7.05 Å². The van der Waals surface area contributed by atoms with Crippen LogP contribution >= 0.6 is 23.1 Å². The maximum Gasteiger partial charge on any atom is 0.229 e. The van der Waals surface area contributed by atoms with Gasteiger partial charge in [-0.25, -0.2) is 4.98 Å². The monoisotopic (exact) mass is 709 g/mol. The van der Waals surface area contributed by atoms with Crippen molar-refractivity contribution < 1.29 is 14.0 Å². The van der Waals surface area contributed by atoms with Crippen molar-refractivity contribution in [1.82, 2.24) is 29.9 Å². The highest BCUT2D eigenvalue weighted by Crippen LogP contribution is 2.41. The first-order valence-corrected chi connectivity index (χ1v) is 18.9. The number of hydrogen-bond acceptors (Lipinski definition) is 11. The zero-order valence-corrected chi connectivity index (χ0v) is 29.4. The highest BCUT2D eigenvalue weighted by atomic mass is 79.9. The van der Waals surface area contributed by atoms with Crippen molar-refractivity contribution in [3.8, 4) is 17.0 Å². The standard InChI is InChI=1S/C32H41BrN9O3P/c1-21-16-28(42-10-8-23(9-11-42)41-12-14-45-15-13-41)29(44-3)18-26(21)37-32-34-19-24(33)31(38-32)36-25-7-6-22(17-30(25)46(4,5)43)27-20-35-40(2)39-27/h6-7,16-20,23H,8-15H2,1-5H3,(H2,34,36,37,38). The lowest BCUT2D eigenvalue weighted by molar-refractivity contribution is 0.0115. The highest BCUT2D eigenvalue weighted by Gasteiger charge is 2.27. The fourth-order valence-electron chi connectivity index (χ4n) is 6.12. The van der Waals surface area contributed by atoms with Gasteiger partial charge in [0.2, 0.25) is 5.95 Å². The molecule has 0 spiro atoms. The van der Waals surface area contributed by atoms with E-state index in [1.165, 1.54) is 4.80 Å². The Balaban J connectivity index is 1.20. The zero-order chi connectivity index (χ0) is 32.4. The van der Waals surface area contributed by atoms with Crippen LogP contribution in [0.15, 0.2) is 47.2 Å². The molecule has 0 aliphatic carbocycles. The number of benzene rings is 2. The lowest BCUT2D eigenvalue weighted by atomic mass is 10.0. The lowest BCUT2D eigenvalue weighted by Gasteiger charge is -2.41. The molecule has 12 nitrogen and oxygen atoms in total. The topological polar surface area (TPSA) is 123 Å². The first-order valence-electron chi connectivity index (χ1n) is 15.5. The largest absolute Gasteiger partial charge is 0.495 e. The number of nitrogens with one attached hydrogen (secondary N) is 2. The molecule has 244 valence electrons. The molecule has 0 saturated carbocycles. The van der Waals surface area contributed by atoms with Gasteiger partial charge in [0.1, 0.15) is 24.4 Å². The Bertz CT molecular complexity index is 1750. The normalized spacial score (nSPS) is 16.4. The molecule has 0 unspecified atom stereocenters. The molecule has 0 atom stereocenters. The molecule has 2 N–H and O–H groups in total. The number of halogens is 1. The Labute approximate surface area is 278 Å². The van der Waals surface area contributed by atoms with E-state index in [0.717, 1.165) is 80.5 Å². The molecule has 2 fully saturated rings. The average Bonchev–Trinajstić information content (AvgIpc) is 3.49. The van der Waals surface area contributed by atoms with Crippen LogP contribution in [-0.2, 0) is 16.3 Å². The summed E-state index contributed by atoms with van der Waals surface area (Å²) in [6.07, 6.45) is 5.64. The van der Waals surface area contributed by atoms with Gasteiger partial charge in [-0.1, -0.05) is 6.07 Å². The summed E-state index contributed by atoms with van der Waals surface area (Å²) < 4.78 is 25.5. The summed E-state index contributed by atoms with van der Waals surface area (Å²) in [5.74, 6) is 1.77. The summed E-state index contributed by atoms with van der Waals surface area (Å²) >= 11 is 3.58. The predicted molar refractivity (Wildman–Crippen MR) is 187 cm³/mol. The Kier molecular flexibility index (Phi) is 9.65. The number of aryl methyl sites for hydroxylation is 2. The fourth-order valence-corrected chi connectivity index (χ4v) is 7.57. The van der Waals surface area contributed by atoms with Gasteiger partial charge in [-0.2, -0.15) is 20.0 Å². The van der Waals surface area contributed by atoms with E-state index in [4.69, 9.17) is 14.5 Å². The number of anilines is 5. The predicted octanol–water partition coefficient (Wildman–Crippen LogP) is 5.39. The first kappa shape index (κ1) is 32.4. The van der Waals surface area contributed by atoms with Crippen molar-refractivity contribution in [3.63, 3.8) is 0 Å². The van der Waals surface area contributed by atoms with Gasteiger partial charge in [0, 0.05) is 68.1 Å². The number of hydrogen-bond donors (Lipinski definition) is 2. The van der Waals surface area contributed by atoms with Crippen molar-refractivity contribution >= 4 is 57.2 Å².